The van der Waals surface area contributed by atoms with Crippen LogP contribution in [0.1, 0.15) is 11.3 Å². The van der Waals surface area contributed by atoms with E-state index in [-0.39, 0.29) is 0 Å². The van der Waals surface area contributed by atoms with Crippen LogP contribution >= 0.6 is 12.2 Å². The smallest absolute Gasteiger partial charge is 0.159 e. The summed E-state index contributed by atoms with van der Waals surface area (Å²) in [4.78, 5) is 8.85. The molecular formula is C22H22N6O2S. The summed E-state index contributed by atoms with van der Waals surface area (Å²) in [6, 6.07) is 9.95. The summed E-state index contributed by atoms with van der Waals surface area (Å²) in [6.07, 6.45) is 9.46. The Morgan fingerprint density at radius 1 is 1.06 bits per heavy atom. The highest BCUT2D eigenvalue weighted by atomic mass is 32.1. The number of methoxy groups -OCH3 is 1. The van der Waals surface area contributed by atoms with Crippen LogP contribution in [0.4, 0.5) is 0 Å². The number of ether oxygens (including phenoxy) is 2. The lowest BCUT2D eigenvalue weighted by molar-refractivity contribution is 0.146. The fourth-order valence-electron chi connectivity index (χ4n) is 3.04. The monoisotopic (exact) mass is 434 g/mol. The minimum absolute atomic E-state index is 0.460. The first kappa shape index (κ1) is 20.8. The van der Waals surface area contributed by atoms with E-state index in [1.54, 1.807) is 35.1 Å². The maximum absolute atomic E-state index is 5.52. The van der Waals surface area contributed by atoms with Crippen molar-refractivity contribution >= 4 is 12.2 Å². The van der Waals surface area contributed by atoms with E-state index in [0.717, 1.165) is 27.0 Å². The van der Waals surface area contributed by atoms with Crippen molar-refractivity contribution in [1.29, 1.82) is 0 Å². The van der Waals surface area contributed by atoms with Gasteiger partial charge in [-0.25, -0.2) is 14.6 Å². The molecule has 3 heterocycles. The largest absolute Gasteiger partial charge is 0.488 e. The van der Waals surface area contributed by atoms with Crippen LogP contribution in [0.3, 0.4) is 0 Å². The zero-order chi connectivity index (χ0) is 21.6. The number of rotatable bonds is 8. The van der Waals surface area contributed by atoms with Crippen molar-refractivity contribution in [3.63, 3.8) is 0 Å². The van der Waals surface area contributed by atoms with Crippen LogP contribution in [-0.2, 0) is 18.2 Å². The van der Waals surface area contributed by atoms with E-state index >= 15 is 0 Å². The van der Waals surface area contributed by atoms with E-state index in [1.165, 1.54) is 0 Å². The third-order valence-electron chi connectivity index (χ3n) is 4.58. The van der Waals surface area contributed by atoms with E-state index in [4.69, 9.17) is 26.8 Å². The molecule has 1 aromatic carbocycles. The van der Waals surface area contributed by atoms with Gasteiger partial charge in [0.25, 0.3) is 0 Å². The first-order valence-corrected chi connectivity index (χ1v) is 10.1. The van der Waals surface area contributed by atoms with Gasteiger partial charge in [0, 0.05) is 32.3 Å². The van der Waals surface area contributed by atoms with Crippen LogP contribution in [0.15, 0.2) is 61.3 Å². The molecule has 0 unspecified atom stereocenters. The van der Waals surface area contributed by atoms with Gasteiger partial charge in [-0.1, -0.05) is 30.4 Å². The summed E-state index contributed by atoms with van der Waals surface area (Å²) in [7, 11) is 3.51. The lowest BCUT2D eigenvalue weighted by Crippen LogP contribution is -2.05. The van der Waals surface area contributed by atoms with Crippen LogP contribution in [0.25, 0.3) is 17.1 Å². The van der Waals surface area contributed by atoms with Crippen molar-refractivity contribution in [2.75, 3.05) is 20.3 Å². The summed E-state index contributed by atoms with van der Waals surface area (Å²) >= 11 is 5.51. The van der Waals surface area contributed by atoms with Crippen molar-refractivity contribution in [1.82, 2.24) is 29.5 Å². The molecule has 8 nitrogen and oxygen atoms in total. The molecule has 158 valence electrons. The van der Waals surface area contributed by atoms with E-state index in [0.29, 0.717) is 31.2 Å². The van der Waals surface area contributed by atoms with Gasteiger partial charge in [-0.15, -0.1) is 0 Å². The van der Waals surface area contributed by atoms with E-state index < -0.39 is 0 Å². The number of nitrogens with zero attached hydrogens (tertiary/aromatic N) is 6. The highest BCUT2D eigenvalue weighted by Gasteiger charge is 2.08. The third kappa shape index (κ3) is 5.19. The van der Waals surface area contributed by atoms with E-state index in [1.807, 2.05) is 43.7 Å². The van der Waals surface area contributed by atoms with Crippen molar-refractivity contribution in [3.8, 4) is 22.8 Å². The van der Waals surface area contributed by atoms with Gasteiger partial charge in [0.05, 0.1) is 41.6 Å². The number of aryl methyl sites for hydroxylation is 1. The maximum Gasteiger partial charge on any atom is 0.159 e. The second-order valence-corrected chi connectivity index (χ2v) is 7.34. The first-order chi connectivity index (χ1) is 15.1. The van der Waals surface area contributed by atoms with Crippen LogP contribution < -0.4 is 4.74 Å². The van der Waals surface area contributed by atoms with Crippen molar-refractivity contribution in [3.05, 3.63) is 77.1 Å². The minimum atomic E-state index is 0.460. The van der Waals surface area contributed by atoms with Gasteiger partial charge in [0.2, 0.25) is 0 Å². The number of benzene rings is 1. The van der Waals surface area contributed by atoms with Gasteiger partial charge < -0.3 is 9.47 Å². The summed E-state index contributed by atoms with van der Waals surface area (Å²) in [5.74, 6) is 1.24. The predicted octanol–water partition coefficient (Wildman–Crippen LogP) is 3.41. The van der Waals surface area contributed by atoms with Crippen LogP contribution in [0, 0.1) is 4.51 Å². The standard InChI is InChI=1S/C22H22N6O2S/c1-27-15-18(12-25-27)28-7-6-21(31)20(26-28)11-16-4-3-5-17(10-16)22-23-13-19(14-24-22)30-9-8-29-2/h3-7,10,12-15H,8-9,11H2,1-2H3. The second-order valence-electron chi connectivity index (χ2n) is 6.90. The first-order valence-electron chi connectivity index (χ1n) is 9.73. The molecule has 31 heavy (non-hydrogen) atoms. The second kappa shape index (κ2) is 9.59. The normalized spacial score (nSPS) is 10.9. The summed E-state index contributed by atoms with van der Waals surface area (Å²) < 4.78 is 14.7. The average molecular weight is 435 g/mol. The van der Waals surface area contributed by atoms with Crippen LogP contribution in [0.5, 0.6) is 5.75 Å². The Balaban J connectivity index is 1.53. The Morgan fingerprint density at radius 3 is 2.65 bits per heavy atom. The molecule has 0 fully saturated rings. The zero-order valence-electron chi connectivity index (χ0n) is 17.3. The molecular weight excluding hydrogens is 412 g/mol. The minimum Gasteiger partial charge on any atom is -0.488 e. The van der Waals surface area contributed by atoms with Gasteiger partial charge >= 0.3 is 0 Å². The Morgan fingerprint density at radius 2 is 1.90 bits per heavy atom. The predicted molar refractivity (Wildman–Crippen MR) is 119 cm³/mol. The molecule has 0 aliphatic rings. The van der Waals surface area contributed by atoms with E-state index in [9.17, 15) is 0 Å². The fraction of sp³-hybridized carbons (Fsp3) is 0.227. The molecule has 0 bridgehead atoms. The molecule has 0 saturated carbocycles. The molecule has 9 heteroatoms. The molecule has 3 aromatic heterocycles. The summed E-state index contributed by atoms with van der Waals surface area (Å²) in [6.45, 7) is 0.976. The van der Waals surface area contributed by atoms with Crippen LogP contribution in [0.2, 0.25) is 0 Å². The molecule has 0 spiro atoms. The Labute approximate surface area is 185 Å². The SMILES string of the molecule is COCCOc1cnc(-c2cccc(Cc3nn(-c4cnn(C)c4)ccc3=S)c2)nc1. The lowest BCUT2D eigenvalue weighted by Gasteiger charge is -2.08. The maximum atomic E-state index is 5.52. The van der Waals surface area contributed by atoms with Crippen molar-refractivity contribution < 1.29 is 9.47 Å². The van der Waals surface area contributed by atoms with Gasteiger partial charge in [-0.2, -0.15) is 10.2 Å². The Bertz CT molecular complexity index is 1220. The summed E-state index contributed by atoms with van der Waals surface area (Å²) in [5.41, 5.74) is 3.70. The number of hydrogen-bond acceptors (Lipinski definition) is 7. The topological polar surface area (TPSA) is 79.9 Å². The molecule has 0 radical (unpaired) electrons. The molecule has 0 aliphatic carbocycles. The van der Waals surface area contributed by atoms with Crippen LogP contribution in [-0.4, -0.2) is 49.9 Å². The van der Waals surface area contributed by atoms with Crippen molar-refractivity contribution in [2.24, 2.45) is 7.05 Å². The van der Waals surface area contributed by atoms with Gasteiger partial charge in [0.15, 0.2) is 11.6 Å². The Kier molecular flexibility index (Phi) is 6.44. The molecule has 0 amide bonds. The average Bonchev–Trinajstić information content (AvgIpc) is 3.22. The fourth-order valence-corrected chi connectivity index (χ4v) is 3.21. The van der Waals surface area contributed by atoms with E-state index in [2.05, 4.69) is 21.1 Å². The molecule has 0 N–H and O–H groups in total. The highest BCUT2D eigenvalue weighted by Crippen LogP contribution is 2.20. The van der Waals surface area contributed by atoms with Crippen molar-refractivity contribution in [2.45, 2.75) is 6.42 Å². The molecule has 0 aliphatic heterocycles. The molecule has 0 atom stereocenters. The summed E-state index contributed by atoms with van der Waals surface area (Å²) in [5, 5.41) is 8.90. The number of aromatic nitrogens is 6. The van der Waals surface area contributed by atoms with Gasteiger partial charge in [-0.05, 0) is 17.7 Å². The zero-order valence-corrected chi connectivity index (χ0v) is 18.1. The Hall–Kier alpha value is -3.43. The third-order valence-corrected chi connectivity index (χ3v) is 4.95. The van der Waals surface area contributed by atoms with Gasteiger partial charge in [0.1, 0.15) is 12.3 Å². The quantitative estimate of drug-likeness (QED) is 0.311. The van der Waals surface area contributed by atoms with Gasteiger partial charge in [-0.3, -0.25) is 4.68 Å². The molecule has 4 aromatic rings. The number of hydrogen-bond donors (Lipinski definition) is 0. The molecule has 4 rings (SSSR count). The highest BCUT2D eigenvalue weighted by molar-refractivity contribution is 7.71. The molecule has 0 saturated heterocycles. The lowest BCUT2D eigenvalue weighted by atomic mass is 10.1.